The van der Waals surface area contributed by atoms with Crippen LogP contribution in [0.15, 0.2) is 53.1 Å². The molecule has 1 amide bonds. The summed E-state index contributed by atoms with van der Waals surface area (Å²) in [5.74, 6) is -0.00563. The van der Waals surface area contributed by atoms with Crippen molar-refractivity contribution in [1.29, 1.82) is 0 Å². The molecule has 0 spiro atoms. The van der Waals surface area contributed by atoms with E-state index in [1.165, 1.54) is 11.1 Å². The van der Waals surface area contributed by atoms with Gasteiger partial charge in [-0.1, -0.05) is 24.3 Å². The fourth-order valence-corrected chi connectivity index (χ4v) is 3.30. The number of nitrogens with zero attached hydrogens (tertiary/aromatic N) is 1. The van der Waals surface area contributed by atoms with Gasteiger partial charge in [-0.05, 0) is 56.5 Å². The van der Waals surface area contributed by atoms with Gasteiger partial charge in [0.05, 0.1) is 18.4 Å². The van der Waals surface area contributed by atoms with Crippen LogP contribution in [-0.4, -0.2) is 29.6 Å². The molecule has 3 aromatic rings. The molecule has 2 aromatic heterocycles. The van der Waals surface area contributed by atoms with Crippen LogP contribution in [0.1, 0.15) is 38.6 Å². The van der Waals surface area contributed by atoms with Crippen LogP contribution in [0, 0.1) is 20.8 Å². The van der Waals surface area contributed by atoms with Crippen LogP contribution in [-0.2, 0) is 22.5 Å². The highest BCUT2D eigenvalue weighted by atomic mass is 16.5. The number of rotatable bonds is 8. The summed E-state index contributed by atoms with van der Waals surface area (Å²) in [6.07, 6.45) is 2.36. The lowest BCUT2D eigenvalue weighted by Crippen LogP contribution is -2.30. The number of esters is 1. The number of aryl methyl sites for hydroxylation is 2. The average molecular weight is 394 g/mol. The van der Waals surface area contributed by atoms with Crippen molar-refractivity contribution in [2.24, 2.45) is 0 Å². The SMILES string of the molecule is Cc1ccccc1CCNC(=O)COC(=O)c1cc(C)n(Cc2ccco2)c1C. The quantitative estimate of drug-likeness (QED) is 0.593. The lowest BCUT2D eigenvalue weighted by atomic mass is 10.1. The van der Waals surface area contributed by atoms with E-state index >= 15 is 0 Å². The van der Waals surface area contributed by atoms with Gasteiger partial charge in [0.1, 0.15) is 5.76 Å². The van der Waals surface area contributed by atoms with E-state index in [1.54, 1.807) is 12.3 Å². The fraction of sp³-hybridized carbons (Fsp3) is 0.304. The van der Waals surface area contributed by atoms with Crippen LogP contribution < -0.4 is 5.32 Å². The number of benzene rings is 1. The highest BCUT2D eigenvalue weighted by Gasteiger charge is 2.18. The van der Waals surface area contributed by atoms with Crippen molar-refractivity contribution in [2.75, 3.05) is 13.2 Å². The molecule has 6 heteroatoms. The number of carbonyl (C=O) groups excluding carboxylic acids is 2. The summed E-state index contributed by atoms with van der Waals surface area (Å²) in [6.45, 7) is 6.56. The highest BCUT2D eigenvalue weighted by Crippen LogP contribution is 2.18. The molecule has 2 heterocycles. The second-order valence-corrected chi connectivity index (χ2v) is 7.05. The van der Waals surface area contributed by atoms with Gasteiger partial charge in [0, 0.05) is 17.9 Å². The summed E-state index contributed by atoms with van der Waals surface area (Å²) in [5, 5.41) is 2.79. The molecule has 0 saturated carbocycles. The first kappa shape index (κ1) is 20.5. The number of ether oxygens (including phenoxy) is 1. The van der Waals surface area contributed by atoms with E-state index in [0.29, 0.717) is 18.7 Å². The predicted octanol–water partition coefficient (Wildman–Crippen LogP) is 3.57. The third-order valence-electron chi connectivity index (χ3n) is 5.00. The van der Waals surface area contributed by atoms with E-state index in [-0.39, 0.29) is 12.5 Å². The summed E-state index contributed by atoms with van der Waals surface area (Å²) >= 11 is 0. The van der Waals surface area contributed by atoms with E-state index < -0.39 is 5.97 Å². The Labute approximate surface area is 170 Å². The number of furan rings is 1. The summed E-state index contributed by atoms with van der Waals surface area (Å²) in [4.78, 5) is 24.5. The average Bonchev–Trinajstić information content (AvgIpc) is 3.31. The molecule has 0 atom stereocenters. The van der Waals surface area contributed by atoms with Gasteiger partial charge in [0.25, 0.3) is 5.91 Å². The molecule has 29 heavy (non-hydrogen) atoms. The monoisotopic (exact) mass is 394 g/mol. The lowest BCUT2D eigenvalue weighted by Gasteiger charge is -2.09. The maximum absolute atomic E-state index is 12.4. The number of carbonyl (C=O) groups is 2. The van der Waals surface area contributed by atoms with E-state index in [9.17, 15) is 9.59 Å². The molecule has 1 N–H and O–H groups in total. The normalized spacial score (nSPS) is 10.7. The minimum Gasteiger partial charge on any atom is -0.467 e. The highest BCUT2D eigenvalue weighted by molar-refractivity contribution is 5.92. The van der Waals surface area contributed by atoms with Crippen molar-refractivity contribution >= 4 is 11.9 Å². The molecule has 3 rings (SSSR count). The molecule has 6 nitrogen and oxygen atoms in total. The maximum atomic E-state index is 12.4. The summed E-state index contributed by atoms with van der Waals surface area (Å²) in [6, 6.07) is 13.5. The second-order valence-electron chi connectivity index (χ2n) is 7.05. The lowest BCUT2D eigenvalue weighted by molar-refractivity contribution is -0.124. The Hall–Kier alpha value is -3.28. The predicted molar refractivity (Wildman–Crippen MR) is 110 cm³/mol. The zero-order valence-corrected chi connectivity index (χ0v) is 17.0. The van der Waals surface area contributed by atoms with Gasteiger partial charge in [0.2, 0.25) is 0 Å². The largest absolute Gasteiger partial charge is 0.467 e. The van der Waals surface area contributed by atoms with Crippen LogP contribution in [0.2, 0.25) is 0 Å². The molecular formula is C23H26N2O4. The van der Waals surface area contributed by atoms with Crippen LogP contribution in [0.3, 0.4) is 0 Å². The second kappa shape index (κ2) is 9.28. The Balaban J connectivity index is 1.50. The molecule has 1 aromatic carbocycles. The van der Waals surface area contributed by atoms with E-state index in [2.05, 4.69) is 5.32 Å². The van der Waals surface area contributed by atoms with Crippen LogP contribution >= 0.6 is 0 Å². The van der Waals surface area contributed by atoms with Crippen molar-refractivity contribution < 1.29 is 18.7 Å². The first-order valence-electron chi connectivity index (χ1n) is 9.63. The maximum Gasteiger partial charge on any atom is 0.340 e. The Kier molecular flexibility index (Phi) is 6.54. The molecule has 0 aliphatic heterocycles. The van der Waals surface area contributed by atoms with Gasteiger partial charge < -0.3 is 19.0 Å². The van der Waals surface area contributed by atoms with Gasteiger partial charge in [-0.15, -0.1) is 0 Å². The minimum atomic E-state index is -0.502. The Morgan fingerprint density at radius 1 is 1.10 bits per heavy atom. The third-order valence-corrected chi connectivity index (χ3v) is 5.00. The van der Waals surface area contributed by atoms with E-state index in [4.69, 9.17) is 9.15 Å². The zero-order chi connectivity index (χ0) is 20.8. The van der Waals surface area contributed by atoms with E-state index in [1.807, 2.05) is 61.7 Å². The van der Waals surface area contributed by atoms with Gasteiger partial charge in [0.15, 0.2) is 6.61 Å². The molecule has 0 saturated heterocycles. The van der Waals surface area contributed by atoms with Crippen molar-refractivity contribution in [2.45, 2.75) is 33.7 Å². The molecule has 0 unspecified atom stereocenters. The molecule has 0 fully saturated rings. The molecule has 0 aliphatic rings. The molecule has 152 valence electrons. The Bertz CT molecular complexity index is 986. The van der Waals surface area contributed by atoms with Crippen molar-refractivity contribution in [3.63, 3.8) is 0 Å². The van der Waals surface area contributed by atoms with E-state index in [0.717, 1.165) is 23.6 Å². The van der Waals surface area contributed by atoms with Crippen molar-refractivity contribution in [3.05, 3.63) is 82.6 Å². The Morgan fingerprint density at radius 2 is 1.90 bits per heavy atom. The number of hydrogen-bond donors (Lipinski definition) is 1. The Morgan fingerprint density at radius 3 is 2.62 bits per heavy atom. The van der Waals surface area contributed by atoms with Crippen LogP contribution in [0.25, 0.3) is 0 Å². The van der Waals surface area contributed by atoms with Gasteiger partial charge in [-0.25, -0.2) is 4.79 Å². The first-order valence-corrected chi connectivity index (χ1v) is 9.63. The van der Waals surface area contributed by atoms with Gasteiger partial charge in [-0.2, -0.15) is 0 Å². The van der Waals surface area contributed by atoms with Crippen molar-refractivity contribution in [1.82, 2.24) is 9.88 Å². The molecule has 0 radical (unpaired) electrons. The topological polar surface area (TPSA) is 73.5 Å². The van der Waals surface area contributed by atoms with Crippen molar-refractivity contribution in [3.8, 4) is 0 Å². The summed E-state index contributed by atoms with van der Waals surface area (Å²) in [5.41, 5.74) is 4.55. The number of amides is 1. The first-order chi connectivity index (χ1) is 14.0. The zero-order valence-electron chi connectivity index (χ0n) is 17.0. The number of aromatic nitrogens is 1. The summed E-state index contributed by atoms with van der Waals surface area (Å²) < 4.78 is 12.6. The molecule has 0 aliphatic carbocycles. The standard InChI is InChI=1S/C23H26N2O4/c1-16-7-4-5-8-19(16)10-11-24-22(26)15-29-23(27)21-13-17(2)25(18(21)3)14-20-9-6-12-28-20/h4-9,12-13H,10-11,14-15H2,1-3H3,(H,24,26). The fourth-order valence-electron chi connectivity index (χ4n) is 3.30. The van der Waals surface area contributed by atoms with Crippen LogP contribution in [0.4, 0.5) is 0 Å². The minimum absolute atomic E-state index is 0.297. The smallest absolute Gasteiger partial charge is 0.340 e. The molecule has 0 bridgehead atoms. The molecular weight excluding hydrogens is 368 g/mol. The van der Waals surface area contributed by atoms with Gasteiger partial charge >= 0.3 is 5.97 Å². The number of nitrogens with one attached hydrogen (secondary N) is 1. The van der Waals surface area contributed by atoms with Crippen LogP contribution in [0.5, 0.6) is 0 Å². The number of hydrogen-bond acceptors (Lipinski definition) is 4. The summed E-state index contributed by atoms with van der Waals surface area (Å²) in [7, 11) is 0. The third kappa shape index (κ3) is 5.16. The van der Waals surface area contributed by atoms with Gasteiger partial charge in [-0.3, -0.25) is 4.79 Å².